The van der Waals surface area contributed by atoms with Gasteiger partial charge < -0.3 is 20.1 Å². The Morgan fingerprint density at radius 1 is 1.04 bits per heavy atom. The van der Waals surface area contributed by atoms with Gasteiger partial charge in [0, 0.05) is 10.0 Å². The van der Waals surface area contributed by atoms with Crippen LogP contribution in [0.5, 0.6) is 0 Å². The Morgan fingerprint density at radius 3 is 2.04 bits per heavy atom. The lowest BCUT2D eigenvalue weighted by Gasteiger charge is -2.34. The normalized spacial score (nSPS) is 12.7. The molecule has 2 amide bonds. The Morgan fingerprint density at radius 2 is 1.58 bits per heavy atom. The molecule has 1 aromatic carbocycles. The Bertz CT molecular complexity index is 665. The molecule has 0 radical (unpaired) electrons. The molecule has 0 bridgehead atoms. The Hall–Kier alpha value is -2.09. The van der Waals surface area contributed by atoms with Crippen molar-refractivity contribution in [3.05, 3.63) is 34.3 Å². The number of amides is 2. The first-order valence-corrected chi connectivity index (χ1v) is 8.80. The third-order valence-electron chi connectivity index (χ3n) is 3.36. The number of hydrogen-bond donors (Lipinski definition) is 2. The van der Waals surface area contributed by atoms with Gasteiger partial charge >= 0.3 is 12.1 Å². The summed E-state index contributed by atoms with van der Waals surface area (Å²) in [5, 5.41) is 5.22. The molecular formula is C18H25BrN2O5. The highest BCUT2D eigenvalue weighted by atomic mass is 79.9. The molecule has 1 rings (SSSR count). The van der Waals surface area contributed by atoms with Gasteiger partial charge in [-0.3, -0.25) is 4.79 Å². The smallest absolute Gasteiger partial charge is 0.408 e. The molecule has 26 heavy (non-hydrogen) atoms. The summed E-state index contributed by atoms with van der Waals surface area (Å²) in [5.74, 6) is -1.15. The minimum absolute atomic E-state index is 0.371. The van der Waals surface area contributed by atoms with E-state index in [1.54, 1.807) is 58.9 Å². The van der Waals surface area contributed by atoms with Crippen molar-refractivity contribution in [1.82, 2.24) is 10.6 Å². The summed E-state index contributed by atoms with van der Waals surface area (Å²) in [6, 6.07) is 5.54. The molecule has 0 saturated carbocycles. The summed E-state index contributed by atoms with van der Waals surface area (Å²) in [6.07, 6.45) is -0.700. The number of methoxy groups -OCH3 is 1. The number of rotatable bonds is 5. The third-order valence-corrected chi connectivity index (χ3v) is 3.89. The summed E-state index contributed by atoms with van der Waals surface area (Å²) in [7, 11) is 1.21. The van der Waals surface area contributed by atoms with E-state index in [1.165, 1.54) is 7.11 Å². The number of halogens is 1. The monoisotopic (exact) mass is 428 g/mol. The zero-order chi connectivity index (χ0) is 20.1. The lowest BCUT2D eigenvalue weighted by Crippen LogP contribution is -2.62. The molecule has 1 atom stereocenters. The van der Waals surface area contributed by atoms with Crippen molar-refractivity contribution >= 4 is 33.9 Å². The van der Waals surface area contributed by atoms with Crippen LogP contribution < -0.4 is 10.6 Å². The van der Waals surface area contributed by atoms with Gasteiger partial charge in [-0.05, 0) is 58.9 Å². The second-order valence-electron chi connectivity index (χ2n) is 7.29. The molecule has 0 spiro atoms. The molecule has 2 N–H and O–H groups in total. The number of esters is 1. The van der Waals surface area contributed by atoms with Gasteiger partial charge in [-0.2, -0.15) is 0 Å². The van der Waals surface area contributed by atoms with Crippen molar-refractivity contribution in [1.29, 1.82) is 0 Å². The van der Waals surface area contributed by atoms with Crippen LogP contribution in [0.1, 0.15) is 45.0 Å². The van der Waals surface area contributed by atoms with Crippen LogP contribution in [0.4, 0.5) is 4.79 Å². The first kappa shape index (κ1) is 22.0. The lowest BCUT2D eigenvalue weighted by molar-refractivity contribution is -0.144. The fourth-order valence-electron chi connectivity index (χ4n) is 2.11. The molecule has 0 aliphatic carbocycles. The molecule has 8 heteroatoms. The molecule has 0 aromatic heterocycles. The van der Waals surface area contributed by atoms with Gasteiger partial charge in [-0.1, -0.05) is 15.9 Å². The first-order valence-electron chi connectivity index (χ1n) is 8.01. The van der Waals surface area contributed by atoms with E-state index in [0.717, 1.165) is 4.47 Å². The van der Waals surface area contributed by atoms with Crippen LogP contribution in [0.25, 0.3) is 0 Å². The largest absolute Gasteiger partial charge is 0.467 e. The molecule has 0 fully saturated rings. The fraction of sp³-hybridized carbons (Fsp3) is 0.500. The Balaban J connectivity index is 2.97. The van der Waals surface area contributed by atoms with Crippen LogP contribution in [0, 0.1) is 0 Å². The predicted molar refractivity (Wildman–Crippen MR) is 101 cm³/mol. The summed E-state index contributed by atoms with van der Waals surface area (Å²) in [6.45, 7) is 8.38. The van der Waals surface area contributed by atoms with Gasteiger partial charge in [0.15, 0.2) is 0 Å². The number of hydrogen-bond acceptors (Lipinski definition) is 5. The minimum Gasteiger partial charge on any atom is -0.467 e. The van der Waals surface area contributed by atoms with E-state index in [9.17, 15) is 14.4 Å². The highest BCUT2D eigenvalue weighted by molar-refractivity contribution is 9.10. The fourth-order valence-corrected chi connectivity index (χ4v) is 2.37. The number of carbonyl (C=O) groups excluding carboxylic acids is 3. The minimum atomic E-state index is -1.15. The average Bonchev–Trinajstić information content (AvgIpc) is 2.49. The summed E-state index contributed by atoms with van der Waals surface area (Å²) in [4.78, 5) is 36.8. The summed E-state index contributed by atoms with van der Waals surface area (Å²) in [5.41, 5.74) is -1.47. The summed E-state index contributed by atoms with van der Waals surface area (Å²) < 4.78 is 10.8. The van der Waals surface area contributed by atoms with Crippen molar-refractivity contribution in [3.63, 3.8) is 0 Å². The van der Waals surface area contributed by atoms with Crippen LogP contribution in [-0.2, 0) is 14.3 Å². The maximum atomic E-state index is 12.5. The third kappa shape index (κ3) is 6.67. The van der Waals surface area contributed by atoms with Crippen LogP contribution in [0.15, 0.2) is 28.7 Å². The van der Waals surface area contributed by atoms with Crippen molar-refractivity contribution < 1.29 is 23.9 Å². The maximum Gasteiger partial charge on any atom is 0.408 e. The topological polar surface area (TPSA) is 93.7 Å². The molecule has 0 heterocycles. The quantitative estimate of drug-likeness (QED) is 0.702. The molecule has 144 valence electrons. The van der Waals surface area contributed by atoms with Gasteiger partial charge in [0.25, 0.3) is 5.91 Å². The van der Waals surface area contributed by atoms with Crippen LogP contribution in [0.3, 0.4) is 0 Å². The van der Waals surface area contributed by atoms with Gasteiger partial charge in [-0.15, -0.1) is 0 Å². The molecule has 1 aromatic rings. The summed E-state index contributed by atoms with van der Waals surface area (Å²) >= 11 is 3.30. The lowest BCUT2D eigenvalue weighted by atomic mass is 9.94. The van der Waals surface area contributed by atoms with E-state index in [2.05, 4.69) is 26.6 Å². The maximum absolute atomic E-state index is 12.5. The number of carbonyl (C=O) groups is 3. The van der Waals surface area contributed by atoms with Gasteiger partial charge in [0.2, 0.25) is 0 Å². The standard InChI is InChI=1S/C18H25BrN2O5/c1-17(2,3)26-16(24)21-18(4,5)13(15(23)25-6)20-14(22)11-7-9-12(19)10-8-11/h7-10,13H,1-6H3,(H,20,22)(H,21,24)/t13-/m1/s1. The first-order chi connectivity index (χ1) is 11.9. The highest BCUT2D eigenvalue weighted by Crippen LogP contribution is 2.16. The van der Waals surface area contributed by atoms with Crippen LogP contribution >= 0.6 is 15.9 Å². The van der Waals surface area contributed by atoms with Gasteiger partial charge in [-0.25, -0.2) is 9.59 Å². The molecule has 0 aliphatic heterocycles. The predicted octanol–water partition coefficient (Wildman–Crippen LogP) is 3.02. The highest BCUT2D eigenvalue weighted by Gasteiger charge is 2.39. The number of ether oxygens (including phenoxy) is 2. The van der Waals surface area contributed by atoms with Crippen molar-refractivity contribution in [2.45, 2.75) is 51.8 Å². The average molecular weight is 429 g/mol. The molecule has 0 unspecified atom stereocenters. The zero-order valence-corrected chi connectivity index (χ0v) is 17.4. The molecule has 0 saturated heterocycles. The molecule has 7 nitrogen and oxygen atoms in total. The van der Waals surface area contributed by atoms with Crippen LogP contribution in [-0.4, -0.2) is 42.3 Å². The second kappa shape index (κ2) is 8.53. The second-order valence-corrected chi connectivity index (χ2v) is 8.20. The Labute approximate surface area is 161 Å². The van der Waals surface area contributed by atoms with Gasteiger partial charge in [0.05, 0.1) is 12.6 Å². The SMILES string of the molecule is COC(=O)[C@@H](NC(=O)c1ccc(Br)cc1)C(C)(C)NC(=O)OC(C)(C)C. The Kier molecular flexibility index (Phi) is 7.20. The van der Waals surface area contributed by atoms with E-state index in [4.69, 9.17) is 9.47 Å². The zero-order valence-electron chi connectivity index (χ0n) is 15.8. The van der Waals surface area contributed by atoms with Crippen LogP contribution in [0.2, 0.25) is 0 Å². The number of alkyl carbamates (subject to hydrolysis) is 1. The van der Waals surface area contributed by atoms with E-state index < -0.39 is 35.2 Å². The number of benzene rings is 1. The van der Waals surface area contributed by atoms with E-state index >= 15 is 0 Å². The van der Waals surface area contributed by atoms with Gasteiger partial charge in [0.1, 0.15) is 11.6 Å². The molecular weight excluding hydrogens is 404 g/mol. The van der Waals surface area contributed by atoms with E-state index in [1.807, 2.05) is 0 Å². The number of nitrogens with one attached hydrogen (secondary N) is 2. The van der Waals surface area contributed by atoms with Crippen molar-refractivity contribution in [3.8, 4) is 0 Å². The van der Waals surface area contributed by atoms with E-state index in [-0.39, 0.29) is 0 Å². The van der Waals surface area contributed by atoms with Crippen molar-refractivity contribution in [2.75, 3.05) is 7.11 Å². The van der Waals surface area contributed by atoms with E-state index in [0.29, 0.717) is 5.56 Å². The van der Waals surface area contributed by atoms with Crippen molar-refractivity contribution in [2.24, 2.45) is 0 Å². The molecule has 0 aliphatic rings.